The highest BCUT2D eigenvalue weighted by Gasteiger charge is 2.36. The zero-order valence-corrected chi connectivity index (χ0v) is 11.4. The standard InChI is InChI=1S/C15H29N/c1-12-10-15(2,3)11-14(12)16-9-8-13-6-4-5-7-13/h12-14,16H,4-11H2,1-3H3. The van der Waals surface area contributed by atoms with Crippen molar-refractivity contribution in [3.63, 3.8) is 0 Å². The van der Waals surface area contributed by atoms with Crippen molar-refractivity contribution in [2.45, 2.75) is 71.8 Å². The second kappa shape index (κ2) is 5.08. The molecule has 0 aromatic heterocycles. The van der Waals surface area contributed by atoms with Gasteiger partial charge < -0.3 is 5.32 Å². The van der Waals surface area contributed by atoms with Crippen LogP contribution in [0.4, 0.5) is 0 Å². The van der Waals surface area contributed by atoms with E-state index in [1.807, 2.05) is 0 Å². The first kappa shape index (κ1) is 12.4. The van der Waals surface area contributed by atoms with E-state index in [0.29, 0.717) is 5.41 Å². The second-order valence-corrected chi connectivity index (χ2v) is 7.05. The van der Waals surface area contributed by atoms with Crippen molar-refractivity contribution >= 4 is 0 Å². The van der Waals surface area contributed by atoms with Gasteiger partial charge in [0.15, 0.2) is 0 Å². The van der Waals surface area contributed by atoms with Crippen LogP contribution in [-0.4, -0.2) is 12.6 Å². The highest BCUT2D eigenvalue weighted by molar-refractivity contribution is 4.91. The third kappa shape index (κ3) is 3.23. The molecule has 0 spiro atoms. The summed E-state index contributed by atoms with van der Waals surface area (Å²) in [5.74, 6) is 1.91. The molecular weight excluding hydrogens is 194 g/mol. The van der Waals surface area contributed by atoms with Gasteiger partial charge in [-0.2, -0.15) is 0 Å². The Morgan fingerprint density at radius 1 is 1.12 bits per heavy atom. The second-order valence-electron chi connectivity index (χ2n) is 7.05. The van der Waals surface area contributed by atoms with E-state index in [2.05, 4.69) is 26.1 Å². The minimum absolute atomic E-state index is 0.574. The van der Waals surface area contributed by atoms with Crippen LogP contribution in [0, 0.1) is 17.3 Å². The van der Waals surface area contributed by atoms with Crippen LogP contribution in [-0.2, 0) is 0 Å². The van der Waals surface area contributed by atoms with Gasteiger partial charge >= 0.3 is 0 Å². The van der Waals surface area contributed by atoms with E-state index in [0.717, 1.165) is 17.9 Å². The lowest BCUT2D eigenvalue weighted by Gasteiger charge is -2.19. The van der Waals surface area contributed by atoms with Gasteiger partial charge in [-0.1, -0.05) is 46.5 Å². The topological polar surface area (TPSA) is 12.0 Å². The Labute approximate surface area is 101 Å². The van der Waals surface area contributed by atoms with Crippen molar-refractivity contribution in [2.75, 3.05) is 6.54 Å². The summed E-state index contributed by atoms with van der Waals surface area (Å²) in [5.41, 5.74) is 0.574. The summed E-state index contributed by atoms with van der Waals surface area (Å²) in [6.07, 6.45) is 10.1. The van der Waals surface area contributed by atoms with Gasteiger partial charge in [-0.05, 0) is 43.1 Å². The lowest BCUT2D eigenvalue weighted by molar-refractivity contribution is 0.359. The van der Waals surface area contributed by atoms with Crippen LogP contribution in [0.5, 0.6) is 0 Å². The van der Waals surface area contributed by atoms with Crippen molar-refractivity contribution in [3.05, 3.63) is 0 Å². The van der Waals surface area contributed by atoms with Gasteiger partial charge in [-0.25, -0.2) is 0 Å². The van der Waals surface area contributed by atoms with Crippen LogP contribution in [0.3, 0.4) is 0 Å². The minimum atomic E-state index is 0.574. The fourth-order valence-electron chi connectivity index (χ4n) is 3.94. The molecule has 0 aliphatic heterocycles. The molecule has 0 radical (unpaired) electrons. The molecule has 2 rings (SSSR count). The van der Waals surface area contributed by atoms with Gasteiger partial charge in [-0.15, -0.1) is 0 Å². The van der Waals surface area contributed by atoms with Crippen LogP contribution in [0.2, 0.25) is 0 Å². The summed E-state index contributed by atoms with van der Waals surface area (Å²) in [7, 11) is 0. The number of hydrogen-bond acceptors (Lipinski definition) is 1. The Morgan fingerprint density at radius 3 is 2.38 bits per heavy atom. The van der Waals surface area contributed by atoms with Crippen molar-refractivity contribution in [2.24, 2.45) is 17.3 Å². The molecule has 0 bridgehead atoms. The van der Waals surface area contributed by atoms with Crippen LogP contribution < -0.4 is 5.32 Å². The molecule has 2 atom stereocenters. The number of hydrogen-bond donors (Lipinski definition) is 1. The Balaban J connectivity index is 1.66. The van der Waals surface area contributed by atoms with E-state index in [1.165, 1.54) is 51.5 Å². The van der Waals surface area contributed by atoms with Gasteiger partial charge in [0, 0.05) is 6.04 Å². The maximum Gasteiger partial charge on any atom is 0.00979 e. The van der Waals surface area contributed by atoms with E-state index in [-0.39, 0.29) is 0 Å². The van der Waals surface area contributed by atoms with Gasteiger partial charge in [-0.3, -0.25) is 0 Å². The van der Waals surface area contributed by atoms with Gasteiger partial charge in [0.25, 0.3) is 0 Å². The quantitative estimate of drug-likeness (QED) is 0.760. The SMILES string of the molecule is CC1CC(C)(C)CC1NCCC1CCCC1. The van der Waals surface area contributed by atoms with Gasteiger partial charge in [0.1, 0.15) is 0 Å². The maximum atomic E-state index is 3.81. The molecule has 0 amide bonds. The molecule has 1 heteroatoms. The minimum Gasteiger partial charge on any atom is -0.314 e. The zero-order chi connectivity index (χ0) is 11.6. The third-order valence-corrected chi connectivity index (χ3v) is 4.77. The molecule has 2 fully saturated rings. The van der Waals surface area contributed by atoms with Crippen molar-refractivity contribution in [1.82, 2.24) is 5.32 Å². The highest BCUT2D eigenvalue weighted by atomic mass is 14.9. The van der Waals surface area contributed by atoms with Crippen LogP contribution >= 0.6 is 0 Å². The number of nitrogens with one attached hydrogen (secondary N) is 1. The summed E-state index contributed by atoms with van der Waals surface area (Å²) in [6.45, 7) is 8.52. The molecular formula is C15H29N. The van der Waals surface area contributed by atoms with Crippen molar-refractivity contribution in [3.8, 4) is 0 Å². The smallest absolute Gasteiger partial charge is 0.00979 e. The molecule has 16 heavy (non-hydrogen) atoms. The molecule has 94 valence electrons. The first-order chi connectivity index (χ1) is 7.57. The molecule has 0 aromatic carbocycles. The molecule has 0 saturated heterocycles. The normalized spacial score (nSPS) is 34.7. The average molecular weight is 223 g/mol. The molecule has 0 heterocycles. The van der Waals surface area contributed by atoms with E-state index < -0.39 is 0 Å². The predicted molar refractivity (Wildman–Crippen MR) is 70.5 cm³/mol. The van der Waals surface area contributed by atoms with Crippen molar-refractivity contribution < 1.29 is 0 Å². The summed E-state index contributed by atoms with van der Waals surface area (Å²) >= 11 is 0. The Kier molecular flexibility index (Phi) is 3.94. The molecule has 1 N–H and O–H groups in total. The first-order valence-electron chi connectivity index (χ1n) is 7.30. The molecule has 2 saturated carbocycles. The predicted octanol–water partition coefficient (Wildman–Crippen LogP) is 3.98. The first-order valence-corrected chi connectivity index (χ1v) is 7.30. The fourth-order valence-corrected chi connectivity index (χ4v) is 3.94. The monoisotopic (exact) mass is 223 g/mol. The molecule has 1 nitrogen and oxygen atoms in total. The zero-order valence-electron chi connectivity index (χ0n) is 11.4. The van der Waals surface area contributed by atoms with Crippen LogP contribution in [0.1, 0.15) is 65.7 Å². The maximum absolute atomic E-state index is 3.81. The number of rotatable bonds is 4. The summed E-state index contributed by atoms with van der Waals surface area (Å²) in [4.78, 5) is 0. The Morgan fingerprint density at radius 2 is 1.81 bits per heavy atom. The fraction of sp³-hybridized carbons (Fsp3) is 1.00. The van der Waals surface area contributed by atoms with E-state index in [1.54, 1.807) is 0 Å². The third-order valence-electron chi connectivity index (χ3n) is 4.77. The Hall–Kier alpha value is -0.0400. The van der Waals surface area contributed by atoms with Crippen molar-refractivity contribution in [1.29, 1.82) is 0 Å². The summed E-state index contributed by atoms with van der Waals surface area (Å²) < 4.78 is 0. The molecule has 2 unspecified atom stereocenters. The Bertz CT molecular complexity index is 215. The molecule has 2 aliphatic carbocycles. The van der Waals surface area contributed by atoms with Crippen LogP contribution in [0.25, 0.3) is 0 Å². The van der Waals surface area contributed by atoms with E-state index in [9.17, 15) is 0 Å². The summed E-state index contributed by atoms with van der Waals surface area (Å²) in [5, 5.41) is 3.81. The van der Waals surface area contributed by atoms with E-state index >= 15 is 0 Å². The van der Waals surface area contributed by atoms with E-state index in [4.69, 9.17) is 0 Å². The van der Waals surface area contributed by atoms with Gasteiger partial charge in [0.2, 0.25) is 0 Å². The lowest BCUT2D eigenvalue weighted by atomic mass is 9.91. The lowest BCUT2D eigenvalue weighted by Crippen LogP contribution is -2.33. The van der Waals surface area contributed by atoms with Crippen LogP contribution in [0.15, 0.2) is 0 Å². The molecule has 2 aliphatic rings. The largest absolute Gasteiger partial charge is 0.314 e. The average Bonchev–Trinajstić information content (AvgIpc) is 2.75. The highest BCUT2D eigenvalue weighted by Crippen LogP contribution is 2.40. The summed E-state index contributed by atoms with van der Waals surface area (Å²) in [6, 6.07) is 0.788. The molecule has 0 aromatic rings. The van der Waals surface area contributed by atoms with Gasteiger partial charge in [0.05, 0.1) is 0 Å².